The molecular weight excluding hydrogens is 691 g/mol. The number of aromatic nitrogens is 3. The van der Waals surface area contributed by atoms with Crippen molar-refractivity contribution in [3.8, 4) is 17.2 Å². The second-order valence-electron chi connectivity index (χ2n) is 14.4. The van der Waals surface area contributed by atoms with E-state index >= 15 is 0 Å². The van der Waals surface area contributed by atoms with Crippen LogP contribution in [0.1, 0.15) is 0 Å². The Morgan fingerprint density at radius 3 is 1.89 bits per heavy atom. The molecule has 0 saturated heterocycles. The predicted octanol–water partition coefficient (Wildman–Crippen LogP) is 14.1. The number of fused-ring (bicyclic) bond motifs is 18. The van der Waals surface area contributed by atoms with Gasteiger partial charge in [-0.15, -0.1) is 11.3 Å². The third-order valence-corrected chi connectivity index (χ3v) is 12.7. The number of hydrogen-bond donors (Lipinski definition) is 0. The van der Waals surface area contributed by atoms with Crippen LogP contribution in [-0.2, 0) is 0 Å². The molecule has 4 heterocycles. The van der Waals surface area contributed by atoms with E-state index in [1.807, 2.05) is 23.5 Å². The van der Waals surface area contributed by atoms with Crippen molar-refractivity contribution in [3.63, 3.8) is 0 Å². The van der Waals surface area contributed by atoms with Crippen LogP contribution in [0.3, 0.4) is 0 Å². The first kappa shape index (κ1) is 29.4. The van der Waals surface area contributed by atoms with Crippen molar-refractivity contribution in [2.45, 2.75) is 0 Å². The highest BCUT2D eigenvalue weighted by Gasteiger charge is 2.25. The molecule has 0 spiro atoms. The Hall–Kier alpha value is -7.08. The smallest absolute Gasteiger partial charge is 0.238 e. The summed E-state index contributed by atoms with van der Waals surface area (Å²) < 4.78 is 11.4. The van der Waals surface area contributed by atoms with Crippen molar-refractivity contribution >= 4 is 118 Å². The lowest BCUT2D eigenvalue weighted by molar-refractivity contribution is 0.651. The van der Waals surface area contributed by atoms with Crippen molar-refractivity contribution in [1.29, 1.82) is 0 Å². The minimum atomic E-state index is 0.574. The molecule has 13 aromatic rings. The fraction of sp³-hybridized carbons (Fsp3) is 0. The number of benzene rings is 9. The summed E-state index contributed by atoms with van der Waals surface area (Å²) in [6, 6.07) is 58.8. The van der Waals surface area contributed by atoms with Crippen LogP contribution in [0.4, 0.5) is 0 Å². The minimum Gasteiger partial charge on any atom is -0.437 e. The Kier molecular flexibility index (Phi) is 5.74. The Bertz CT molecular complexity index is 3760. The quantitative estimate of drug-likeness (QED) is 0.167. The number of furan rings is 1. The van der Waals surface area contributed by atoms with Gasteiger partial charge in [-0.3, -0.25) is 4.57 Å². The third kappa shape index (κ3) is 3.89. The van der Waals surface area contributed by atoms with E-state index in [1.54, 1.807) is 0 Å². The average Bonchev–Trinajstić information content (AvgIpc) is 3.93. The first-order valence-electron chi connectivity index (χ1n) is 18.6. The van der Waals surface area contributed by atoms with Gasteiger partial charge in [-0.25, -0.2) is 4.98 Å². The molecule has 0 aliphatic heterocycles. The molecule has 55 heavy (non-hydrogen) atoms. The van der Waals surface area contributed by atoms with Gasteiger partial charge in [0, 0.05) is 52.7 Å². The van der Waals surface area contributed by atoms with E-state index in [2.05, 4.69) is 156 Å². The van der Waals surface area contributed by atoms with Crippen LogP contribution in [0.5, 0.6) is 0 Å². The van der Waals surface area contributed by atoms with Crippen LogP contribution in [0, 0.1) is 0 Å². The molecule has 0 fully saturated rings. The van der Waals surface area contributed by atoms with E-state index in [1.165, 1.54) is 68.6 Å². The van der Waals surface area contributed by atoms with Gasteiger partial charge in [-0.05, 0) is 56.6 Å². The van der Waals surface area contributed by atoms with Gasteiger partial charge < -0.3 is 4.42 Å². The highest BCUT2D eigenvalue weighted by atomic mass is 32.1. The number of hydrogen-bond acceptors (Lipinski definition) is 4. The summed E-state index contributed by atoms with van der Waals surface area (Å²) in [5.74, 6) is 0.582. The first-order chi connectivity index (χ1) is 27.3. The van der Waals surface area contributed by atoms with Crippen LogP contribution in [0.2, 0.25) is 0 Å². The summed E-state index contributed by atoms with van der Waals surface area (Å²) in [4.78, 5) is 11.0. The Morgan fingerprint density at radius 1 is 0.418 bits per heavy atom. The fourth-order valence-corrected chi connectivity index (χ4v) is 10.5. The van der Waals surface area contributed by atoms with Gasteiger partial charge in [0.2, 0.25) is 11.7 Å². The molecular formula is C50H27N3OS. The maximum atomic E-state index is 6.66. The Balaban J connectivity index is 1.25. The molecule has 0 aliphatic carbocycles. The molecule has 5 heteroatoms. The summed E-state index contributed by atoms with van der Waals surface area (Å²) in [7, 11) is 0. The zero-order valence-electron chi connectivity index (χ0n) is 29.2. The summed E-state index contributed by atoms with van der Waals surface area (Å²) in [5, 5.41) is 16.5. The molecule has 0 aliphatic rings. The highest BCUT2D eigenvalue weighted by Crippen LogP contribution is 2.47. The summed E-state index contributed by atoms with van der Waals surface area (Å²) in [5.41, 5.74) is 5.45. The van der Waals surface area contributed by atoms with Gasteiger partial charge >= 0.3 is 0 Å². The van der Waals surface area contributed by atoms with E-state index in [4.69, 9.17) is 14.4 Å². The highest BCUT2D eigenvalue weighted by molar-refractivity contribution is 7.25. The molecule has 4 aromatic heterocycles. The molecule has 0 bridgehead atoms. The Labute approximate surface area is 317 Å². The summed E-state index contributed by atoms with van der Waals surface area (Å²) in [6.45, 7) is 0. The first-order valence-corrected chi connectivity index (χ1v) is 19.4. The lowest BCUT2D eigenvalue weighted by atomic mass is 9.91. The lowest BCUT2D eigenvalue weighted by Gasteiger charge is -2.13. The van der Waals surface area contributed by atoms with E-state index in [9.17, 15) is 0 Å². The van der Waals surface area contributed by atoms with Gasteiger partial charge in [0.25, 0.3) is 0 Å². The summed E-state index contributed by atoms with van der Waals surface area (Å²) >= 11 is 1.82. The lowest BCUT2D eigenvalue weighted by Crippen LogP contribution is -2.03. The molecule has 0 unspecified atom stereocenters. The van der Waals surface area contributed by atoms with Crippen molar-refractivity contribution in [2.24, 2.45) is 0 Å². The zero-order valence-corrected chi connectivity index (χ0v) is 30.1. The zero-order chi connectivity index (χ0) is 35.8. The van der Waals surface area contributed by atoms with Crippen molar-refractivity contribution < 1.29 is 4.42 Å². The van der Waals surface area contributed by atoms with Crippen molar-refractivity contribution in [3.05, 3.63) is 164 Å². The molecule has 254 valence electrons. The van der Waals surface area contributed by atoms with Gasteiger partial charge in [-0.1, -0.05) is 140 Å². The standard InChI is InChI=1S/C50H27N3OS/c1-2-13-29-28(12-1)24-25-38-45-39(27-26-34-32-16-4-3-14-30(32)31-15-5-6-17-33(31)44(34)45)53(48(29)38)50-51-47(46-35-18-7-9-21-40(35)54-49(46)52-50)37-20-11-23-42-43(37)36-19-8-10-22-41(36)55-42/h1-27H. The molecule has 0 radical (unpaired) electrons. The molecule has 0 saturated carbocycles. The second kappa shape index (κ2) is 10.8. The maximum absolute atomic E-state index is 6.66. The number of rotatable bonds is 2. The monoisotopic (exact) mass is 717 g/mol. The SMILES string of the molecule is c1ccc2c(c1)ccc1c3c4c5ccccc5c5ccccc5c4ccc3n(-c3nc(-c4cccc5sc6ccccc6c45)c4c(n3)oc3ccccc34)c21. The molecule has 9 aromatic carbocycles. The van der Waals surface area contributed by atoms with E-state index in [-0.39, 0.29) is 0 Å². The largest absolute Gasteiger partial charge is 0.437 e. The van der Waals surface area contributed by atoms with Crippen molar-refractivity contribution in [1.82, 2.24) is 14.5 Å². The van der Waals surface area contributed by atoms with E-state index in [0.717, 1.165) is 44.0 Å². The van der Waals surface area contributed by atoms with Crippen LogP contribution >= 0.6 is 11.3 Å². The molecule has 0 atom stereocenters. The molecule has 4 nitrogen and oxygen atoms in total. The van der Waals surface area contributed by atoms with Gasteiger partial charge in [-0.2, -0.15) is 4.98 Å². The molecule has 0 N–H and O–H groups in total. The Morgan fingerprint density at radius 2 is 1.05 bits per heavy atom. The van der Waals surface area contributed by atoms with Crippen LogP contribution in [-0.4, -0.2) is 14.5 Å². The van der Waals surface area contributed by atoms with Gasteiger partial charge in [0.05, 0.1) is 22.1 Å². The molecule has 13 rings (SSSR count). The third-order valence-electron chi connectivity index (χ3n) is 11.6. The number of nitrogens with zero attached hydrogens (tertiary/aromatic N) is 3. The van der Waals surface area contributed by atoms with Crippen LogP contribution < -0.4 is 0 Å². The van der Waals surface area contributed by atoms with E-state index < -0.39 is 0 Å². The van der Waals surface area contributed by atoms with Crippen LogP contribution in [0.15, 0.2) is 168 Å². The topological polar surface area (TPSA) is 43.9 Å². The van der Waals surface area contributed by atoms with Crippen molar-refractivity contribution in [2.75, 3.05) is 0 Å². The summed E-state index contributed by atoms with van der Waals surface area (Å²) in [6.07, 6.45) is 0. The number of thiophene rings is 1. The second-order valence-corrected chi connectivity index (χ2v) is 15.5. The van der Waals surface area contributed by atoms with Gasteiger partial charge in [0.1, 0.15) is 5.58 Å². The fourth-order valence-electron chi connectivity index (χ4n) is 9.35. The molecule has 0 amide bonds. The average molecular weight is 718 g/mol. The predicted molar refractivity (Wildman–Crippen MR) is 232 cm³/mol. The number of para-hydroxylation sites is 1. The maximum Gasteiger partial charge on any atom is 0.238 e. The van der Waals surface area contributed by atoms with Gasteiger partial charge in [0.15, 0.2) is 0 Å². The normalized spacial score (nSPS) is 12.4. The van der Waals surface area contributed by atoms with Crippen LogP contribution in [0.25, 0.3) is 124 Å². The minimum absolute atomic E-state index is 0.574. The van der Waals surface area contributed by atoms with E-state index in [0.29, 0.717) is 11.7 Å².